The average Bonchev–Trinajstić information content (AvgIpc) is 3.03. The molecule has 0 aromatic heterocycles. The van der Waals surface area contributed by atoms with Crippen LogP contribution in [0.2, 0.25) is 0 Å². The molecular formula is C26H32N2. The summed E-state index contributed by atoms with van der Waals surface area (Å²) in [5, 5.41) is 0. The molecule has 0 aliphatic carbocycles. The standard InChI is InChI=1S/C26H32N2/c1-17(2)7-9-24-21(11-19(5)12-22(24)15-27-6)14-26-25-10-8-20(18(3)4)13-23(25)16-28-26/h8,10-13,15-17,26H,3,7,9,14H2,1-2,4-6H3. The Kier molecular flexibility index (Phi) is 6.28. The highest BCUT2D eigenvalue weighted by Crippen LogP contribution is 2.33. The van der Waals surface area contributed by atoms with E-state index in [1.165, 1.54) is 45.4 Å². The van der Waals surface area contributed by atoms with E-state index in [-0.39, 0.29) is 6.04 Å². The number of nitrogens with zero attached hydrogens (tertiary/aromatic N) is 2. The number of aliphatic imine (C=N–C) groups is 2. The van der Waals surface area contributed by atoms with E-state index >= 15 is 0 Å². The number of allylic oxidation sites excluding steroid dienone is 1. The molecule has 0 fully saturated rings. The van der Waals surface area contributed by atoms with Crippen molar-refractivity contribution in [1.82, 2.24) is 0 Å². The molecule has 0 N–H and O–H groups in total. The van der Waals surface area contributed by atoms with Crippen molar-refractivity contribution in [2.24, 2.45) is 15.9 Å². The van der Waals surface area contributed by atoms with Gasteiger partial charge in [0.15, 0.2) is 0 Å². The lowest BCUT2D eigenvalue weighted by Gasteiger charge is -2.18. The molecule has 146 valence electrons. The van der Waals surface area contributed by atoms with Crippen molar-refractivity contribution in [3.05, 3.63) is 75.9 Å². The van der Waals surface area contributed by atoms with Gasteiger partial charge in [0, 0.05) is 19.5 Å². The summed E-state index contributed by atoms with van der Waals surface area (Å²) < 4.78 is 0. The molecule has 3 rings (SSSR count). The van der Waals surface area contributed by atoms with Crippen molar-refractivity contribution in [3.8, 4) is 0 Å². The molecular weight excluding hydrogens is 340 g/mol. The lowest BCUT2D eigenvalue weighted by molar-refractivity contribution is 0.583. The fraction of sp³-hybridized carbons (Fsp3) is 0.385. The highest BCUT2D eigenvalue weighted by Gasteiger charge is 2.21. The topological polar surface area (TPSA) is 24.7 Å². The predicted octanol–water partition coefficient (Wildman–Crippen LogP) is 6.38. The monoisotopic (exact) mass is 372 g/mol. The lowest BCUT2D eigenvalue weighted by atomic mass is 9.88. The number of benzene rings is 2. The van der Waals surface area contributed by atoms with Crippen LogP contribution < -0.4 is 0 Å². The van der Waals surface area contributed by atoms with Crippen LogP contribution in [-0.2, 0) is 12.8 Å². The molecule has 1 aliphatic heterocycles. The van der Waals surface area contributed by atoms with Crippen molar-refractivity contribution in [2.45, 2.75) is 53.0 Å². The largest absolute Gasteiger partial charge is 0.296 e. The second kappa shape index (κ2) is 8.68. The van der Waals surface area contributed by atoms with Crippen LogP contribution in [0, 0.1) is 12.8 Å². The molecule has 2 aromatic carbocycles. The fourth-order valence-corrected chi connectivity index (χ4v) is 3.97. The highest BCUT2D eigenvalue weighted by molar-refractivity contribution is 5.87. The lowest BCUT2D eigenvalue weighted by Crippen LogP contribution is -2.07. The summed E-state index contributed by atoms with van der Waals surface area (Å²) in [4.78, 5) is 9.16. The normalized spacial score (nSPS) is 15.6. The smallest absolute Gasteiger partial charge is 0.0795 e. The molecule has 2 nitrogen and oxygen atoms in total. The number of aryl methyl sites for hydroxylation is 1. The minimum absolute atomic E-state index is 0.195. The molecule has 0 saturated heterocycles. The van der Waals surface area contributed by atoms with Crippen LogP contribution in [0.5, 0.6) is 0 Å². The molecule has 0 bridgehead atoms. The quantitative estimate of drug-likeness (QED) is 0.504. The van der Waals surface area contributed by atoms with Gasteiger partial charge >= 0.3 is 0 Å². The number of fused-ring (bicyclic) bond motifs is 1. The number of hydrogen-bond acceptors (Lipinski definition) is 2. The first-order valence-electron chi connectivity index (χ1n) is 10.3. The van der Waals surface area contributed by atoms with Gasteiger partial charge < -0.3 is 0 Å². The molecule has 2 aromatic rings. The summed E-state index contributed by atoms with van der Waals surface area (Å²) in [5.41, 5.74) is 10.3. The van der Waals surface area contributed by atoms with E-state index in [4.69, 9.17) is 4.99 Å². The summed E-state index contributed by atoms with van der Waals surface area (Å²) in [5.74, 6) is 0.686. The summed E-state index contributed by atoms with van der Waals surface area (Å²) in [6.07, 6.45) is 7.26. The van der Waals surface area contributed by atoms with Crippen LogP contribution in [0.3, 0.4) is 0 Å². The first-order valence-corrected chi connectivity index (χ1v) is 10.3. The van der Waals surface area contributed by atoms with E-state index in [9.17, 15) is 0 Å². The van der Waals surface area contributed by atoms with Crippen molar-refractivity contribution >= 4 is 18.0 Å². The molecule has 0 saturated carbocycles. The van der Waals surface area contributed by atoms with Crippen LogP contribution in [0.4, 0.5) is 0 Å². The maximum atomic E-state index is 4.85. The summed E-state index contributed by atoms with van der Waals surface area (Å²) in [6.45, 7) is 12.9. The second-order valence-electron chi connectivity index (χ2n) is 8.43. The fourth-order valence-electron chi connectivity index (χ4n) is 3.97. The zero-order chi connectivity index (χ0) is 20.3. The third-order valence-corrected chi connectivity index (χ3v) is 5.51. The minimum Gasteiger partial charge on any atom is -0.296 e. The van der Waals surface area contributed by atoms with E-state index in [1.807, 2.05) is 19.5 Å². The zero-order valence-electron chi connectivity index (χ0n) is 17.9. The Balaban J connectivity index is 1.95. The van der Waals surface area contributed by atoms with Crippen molar-refractivity contribution in [1.29, 1.82) is 0 Å². The molecule has 0 amide bonds. The van der Waals surface area contributed by atoms with Gasteiger partial charge in [0.05, 0.1) is 6.04 Å². The van der Waals surface area contributed by atoms with Gasteiger partial charge in [-0.1, -0.05) is 55.8 Å². The van der Waals surface area contributed by atoms with E-state index in [2.05, 4.69) is 69.6 Å². The van der Waals surface area contributed by atoms with Crippen molar-refractivity contribution in [2.75, 3.05) is 7.05 Å². The molecule has 0 spiro atoms. The van der Waals surface area contributed by atoms with Gasteiger partial charge in [-0.3, -0.25) is 9.98 Å². The first kappa shape index (κ1) is 20.3. The van der Waals surface area contributed by atoms with Crippen LogP contribution in [0.15, 0.2) is 46.9 Å². The molecule has 1 heterocycles. The maximum Gasteiger partial charge on any atom is 0.0795 e. The first-order chi connectivity index (χ1) is 13.4. The van der Waals surface area contributed by atoms with Crippen molar-refractivity contribution < 1.29 is 0 Å². The van der Waals surface area contributed by atoms with Gasteiger partial charge in [0.2, 0.25) is 0 Å². The second-order valence-corrected chi connectivity index (χ2v) is 8.43. The van der Waals surface area contributed by atoms with Gasteiger partial charge in [-0.05, 0) is 78.5 Å². The van der Waals surface area contributed by atoms with Crippen molar-refractivity contribution in [3.63, 3.8) is 0 Å². The van der Waals surface area contributed by atoms with Gasteiger partial charge in [0.25, 0.3) is 0 Å². The third kappa shape index (κ3) is 4.49. The summed E-state index contributed by atoms with van der Waals surface area (Å²) in [6, 6.07) is 11.4. The summed E-state index contributed by atoms with van der Waals surface area (Å²) >= 11 is 0. The van der Waals surface area contributed by atoms with Gasteiger partial charge in [0.1, 0.15) is 0 Å². The minimum atomic E-state index is 0.195. The Morgan fingerprint density at radius 2 is 2.04 bits per heavy atom. The van der Waals surface area contributed by atoms with E-state index in [1.54, 1.807) is 0 Å². The van der Waals surface area contributed by atoms with Crippen LogP contribution in [0.25, 0.3) is 5.57 Å². The Morgan fingerprint density at radius 1 is 1.25 bits per heavy atom. The van der Waals surface area contributed by atoms with Crippen LogP contribution in [0.1, 0.15) is 72.2 Å². The Labute approximate surface area is 170 Å². The average molecular weight is 373 g/mol. The van der Waals surface area contributed by atoms with Crippen LogP contribution >= 0.6 is 0 Å². The third-order valence-electron chi connectivity index (χ3n) is 5.51. The molecule has 1 atom stereocenters. The Morgan fingerprint density at radius 3 is 2.71 bits per heavy atom. The number of hydrogen-bond donors (Lipinski definition) is 0. The van der Waals surface area contributed by atoms with E-state index in [0.717, 1.165) is 18.4 Å². The molecule has 28 heavy (non-hydrogen) atoms. The van der Waals surface area contributed by atoms with E-state index < -0.39 is 0 Å². The zero-order valence-corrected chi connectivity index (χ0v) is 17.9. The number of rotatable bonds is 7. The van der Waals surface area contributed by atoms with Gasteiger partial charge in [-0.25, -0.2) is 0 Å². The van der Waals surface area contributed by atoms with E-state index in [0.29, 0.717) is 5.92 Å². The maximum absolute atomic E-state index is 4.85. The van der Waals surface area contributed by atoms with Gasteiger partial charge in [-0.2, -0.15) is 0 Å². The molecule has 1 aliphatic rings. The Bertz CT molecular complexity index is 932. The van der Waals surface area contributed by atoms with Gasteiger partial charge in [-0.15, -0.1) is 0 Å². The molecule has 0 radical (unpaired) electrons. The predicted molar refractivity (Wildman–Crippen MR) is 123 cm³/mol. The molecule has 1 unspecified atom stereocenters. The SMILES string of the molecule is C=C(C)c1ccc2c(c1)C=NC2Cc1cc(C)cc(C=NC)c1CCC(C)C. The molecule has 2 heteroatoms. The van der Waals surface area contributed by atoms with Crippen LogP contribution in [-0.4, -0.2) is 19.5 Å². The Hall–Kier alpha value is -2.48. The highest BCUT2D eigenvalue weighted by atomic mass is 14.8. The summed E-state index contributed by atoms with van der Waals surface area (Å²) in [7, 11) is 1.85.